The number of morpholine rings is 1. The van der Waals surface area contributed by atoms with Gasteiger partial charge in [-0.2, -0.15) is 0 Å². The second-order valence-electron chi connectivity index (χ2n) is 4.30. The number of hydrogen-bond acceptors (Lipinski definition) is 5. The van der Waals surface area contributed by atoms with Crippen molar-refractivity contribution in [2.45, 2.75) is 11.4 Å². The van der Waals surface area contributed by atoms with Gasteiger partial charge in [-0.15, -0.1) is 0 Å². The van der Waals surface area contributed by atoms with Crippen LogP contribution in [0, 0.1) is 0 Å². The predicted molar refractivity (Wildman–Crippen MR) is 72.1 cm³/mol. The van der Waals surface area contributed by atoms with E-state index < -0.39 is 9.05 Å². The molecule has 1 saturated heterocycles. The first kappa shape index (κ1) is 14.6. The maximum atomic E-state index is 11.4. The average Bonchev–Trinajstić information content (AvgIpc) is 2.39. The van der Waals surface area contributed by atoms with Crippen molar-refractivity contribution in [3.05, 3.63) is 23.8 Å². The zero-order chi connectivity index (χ0) is 13.9. The van der Waals surface area contributed by atoms with Gasteiger partial charge in [0.05, 0.1) is 25.2 Å². The predicted octanol–water partition coefficient (Wildman–Crippen LogP) is 1.45. The minimum atomic E-state index is -3.72. The van der Waals surface area contributed by atoms with Crippen LogP contribution < -0.4 is 4.74 Å². The third-order valence-corrected chi connectivity index (χ3v) is 4.38. The number of hydrogen-bond donors (Lipinski definition) is 0. The lowest BCUT2D eigenvalue weighted by molar-refractivity contribution is 0.0338. The molecule has 0 saturated carbocycles. The molecule has 0 aliphatic carbocycles. The van der Waals surface area contributed by atoms with E-state index in [-0.39, 0.29) is 4.90 Å². The maximum Gasteiger partial charge on any atom is 0.261 e. The Hall–Kier alpha value is -0.820. The van der Waals surface area contributed by atoms with Crippen LogP contribution in [0.4, 0.5) is 0 Å². The molecule has 1 aliphatic heterocycles. The van der Waals surface area contributed by atoms with E-state index in [0.717, 1.165) is 18.7 Å². The van der Waals surface area contributed by atoms with Gasteiger partial charge in [0.2, 0.25) is 0 Å². The highest BCUT2D eigenvalue weighted by Crippen LogP contribution is 2.25. The van der Waals surface area contributed by atoms with Crippen molar-refractivity contribution in [3.8, 4) is 5.75 Å². The molecule has 0 bridgehead atoms. The van der Waals surface area contributed by atoms with Crippen LogP contribution in [0.25, 0.3) is 0 Å². The number of rotatable bonds is 4. The van der Waals surface area contributed by atoms with Gasteiger partial charge in [-0.05, 0) is 18.2 Å². The molecule has 0 radical (unpaired) electrons. The summed E-state index contributed by atoms with van der Waals surface area (Å²) in [4.78, 5) is 2.28. The number of benzene rings is 1. The Morgan fingerprint density at radius 2 is 2.05 bits per heavy atom. The molecule has 1 aromatic carbocycles. The van der Waals surface area contributed by atoms with E-state index in [1.807, 2.05) is 0 Å². The molecule has 0 amide bonds. The Morgan fingerprint density at radius 1 is 1.37 bits per heavy atom. The van der Waals surface area contributed by atoms with Gasteiger partial charge in [-0.1, -0.05) is 0 Å². The van der Waals surface area contributed by atoms with Gasteiger partial charge in [-0.3, -0.25) is 4.90 Å². The highest BCUT2D eigenvalue weighted by atomic mass is 35.7. The summed E-state index contributed by atoms with van der Waals surface area (Å²) in [7, 11) is 3.21. The molecule has 0 atom stereocenters. The minimum Gasteiger partial charge on any atom is -0.496 e. The van der Waals surface area contributed by atoms with Gasteiger partial charge < -0.3 is 9.47 Å². The lowest BCUT2D eigenvalue weighted by Gasteiger charge is -2.27. The van der Waals surface area contributed by atoms with Crippen molar-refractivity contribution >= 4 is 19.7 Å². The van der Waals surface area contributed by atoms with E-state index in [9.17, 15) is 8.42 Å². The van der Waals surface area contributed by atoms with Crippen LogP contribution >= 0.6 is 10.7 Å². The normalized spacial score (nSPS) is 17.4. The fraction of sp³-hybridized carbons (Fsp3) is 0.500. The van der Waals surface area contributed by atoms with E-state index in [1.165, 1.54) is 6.07 Å². The summed E-state index contributed by atoms with van der Waals surface area (Å²) in [5.74, 6) is 0.663. The van der Waals surface area contributed by atoms with Crippen LogP contribution in [0.5, 0.6) is 5.75 Å². The molecule has 0 spiro atoms. The molecule has 1 fully saturated rings. The largest absolute Gasteiger partial charge is 0.496 e. The van der Waals surface area contributed by atoms with Crippen LogP contribution in [-0.2, 0) is 20.3 Å². The van der Waals surface area contributed by atoms with E-state index in [4.69, 9.17) is 20.2 Å². The van der Waals surface area contributed by atoms with Crippen LogP contribution in [0.1, 0.15) is 5.56 Å². The molecule has 2 rings (SSSR count). The Morgan fingerprint density at radius 3 is 2.63 bits per heavy atom. The molecule has 19 heavy (non-hydrogen) atoms. The highest BCUT2D eigenvalue weighted by molar-refractivity contribution is 8.13. The number of ether oxygens (including phenoxy) is 2. The first-order valence-electron chi connectivity index (χ1n) is 5.92. The van der Waals surface area contributed by atoms with Gasteiger partial charge in [0.15, 0.2) is 0 Å². The number of halogens is 1. The van der Waals surface area contributed by atoms with Crippen LogP contribution in [-0.4, -0.2) is 46.7 Å². The Labute approximate surface area is 117 Å². The molecule has 106 valence electrons. The fourth-order valence-corrected chi connectivity index (χ4v) is 2.83. The first-order valence-corrected chi connectivity index (χ1v) is 8.23. The monoisotopic (exact) mass is 305 g/mol. The SMILES string of the molecule is COc1ccc(S(=O)(=O)Cl)cc1CN1CCOCC1. The molecule has 7 heteroatoms. The maximum absolute atomic E-state index is 11.4. The standard InChI is InChI=1S/C12H16ClNO4S/c1-17-12-3-2-11(19(13,15)16)8-10(12)9-14-4-6-18-7-5-14/h2-3,8H,4-7,9H2,1H3. The van der Waals surface area contributed by atoms with Crippen molar-refractivity contribution in [1.82, 2.24) is 4.90 Å². The van der Waals surface area contributed by atoms with Crippen LogP contribution in [0.3, 0.4) is 0 Å². The fourth-order valence-electron chi connectivity index (χ4n) is 2.03. The summed E-state index contributed by atoms with van der Waals surface area (Å²) >= 11 is 0. The summed E-state index contributed by atoms with van der Waals surface area (Å²) < 4.78 is 33.3. The molecule has 1 aromatic rings. The zero-order valence-corrected chi connectivity index (χ0v) is 12.2. The molecule has 0 N–H and O–H groups in total. The van der Waals surface area contributed by atoms with Gasteiger partial charge >= 0.3 is 0 Å². The van der Waals surface area contributed by atoms with Crippen molar-refractivity contribution in [3.63, 3.8) is 0 Å². The molecule has 0 aromatic heterocycles. The summed E-state index contributed by atoms with van der Waals surface area (Å²) in [5.41, 5.74) is 0.811. The molecular formula is C12H16ClNO4S. The lowest BCUT2D eigenvalue weighted by atomic mass is 10.2. The lowest BCUT2D eigenvalue weighted by Crippen LogP contribution is -2.35. The van der Waals surface area contributed by atoms with Crippen molar-refractivity contribution in [2.24, 2.45) is 0 Å². The molecule has 1 aliphatic rings. The van der Waals surface area contributed by atoms with E-state index in [2.05, 4.69) is 4.90 Å². The van der Waals surface area contributed by atoms with Crippen molar-refractivity contribution < 1.29 is 17.9 Å². The summed E-state index contributed by atoms with van der Waals surface area (Å²) in [6.45, 7) is 3.64. The summed E-state index contributed by atoms with van der Waals surface area (Å²) in [6.07, 6.45) is 0. The molecular weight excluding hydrogens is 290 g/mol. The van der Waals surface area contributed by atoms with Crippen molar-refractivity contribution in [2.75, 3.05) is 33.4 Å². The molecule has 1 heterocycles. The van der Waals surface area contributed by atoms with E-state index in [0.29, 0.717) is 25.5 Å². The van der Waals surface area contributed by atoms with E-state index in [1.54, 1.807) is 19.2 Å². The highest BCUT2D eigenvalue weighted by Gasteiger charge is 2.17. The van der Waals surface area contributed by atoms with E-state index >= 15 is 0 Å². The Kier molecular flexibility index (Phi) is 4.67. The van der Waals surface area contributed by atoms with Gasteiger partial charge in [0, 0.05) is 35.9 Å². The third kappa shape index (κ3) is 3.82. The molecule has 5 nitrogen and oxygen atoms in total. The summed E-state index contributed by atoms with van der Waals surface area (Å²) in [5, 5.41) is 0. The topological polar surface area (TPSA) is 55.8 Å². The van der Waals surface area contributed by atoms with Gasteiger partial charge in [0.1, 0.15) is 5.75 Å². The molecule has 0 unspecified atom stereocenters. The van der Waals surface area contributed by atoms with Gasteiger partial charge in [-0.25, -0.2) is 8.42 Å². The third-order valence-electron chi connectivity index (χ3n) is 3.03. The van der Waals surface area contributed by atoms with Crippen molar-refractivity contribution in [1.29, 1.82) is 0 Å². The zero-order valence-electron chi connectivity index (χ0n) is 10.6. The number of nitrogens with zero attached hydrogens (tertiary/aromatic N) is 1. The second-order valence-corrected chi connectivity index (χ2v) is 6.87. The minimum absolute atomic E-state index is 0.0956. The van der Waals surface area contributed by atoms with Crippen LogP contribution in [0.2, 0.25) is 0 Å². The van der Waals surface area contributed by atoms with Gasteiger partial charge in [0.25, 0.3) is 9.05 Å². The second kappa shape index (κ2) is 6.09. The quantitative estimate of drug-likeness (QED) is 0.788. The smallest absolute Gasteiger partial charge is 0.261 e. The van der Waals surface area contributed by atoms with Crippen LogP contribution in [0.15, 0.2) is 23.1 Å². The Balaban J connectivity index is 2.25. The summed E-state index contributed by atoms with van der Waals surface area (Å²) in [6, 6.07) is 4.64. The first-order chi connectivity index (χ1) is 9.00. The Bertz CT molecular complexity index is 541. The number of methoxy groups -OCH3 is 1. The average molecular weight is 306 g/mol.